The third kappa shape index (κ3) is 33.3. The Balaban J connectivity index is 0.00000134. The second-order valence-electron chi connectivity index (χ2n) is 31.4. The predicted octanol–water partition coefficient (Wildman–Crippen LogP) is 7.68. The first-order chi connectivity index (χ1) is 50.9. The molecular weight excluding hydrogens is 1740 g/mol. The number of phenolic OH excluding ortho intramolecular Hbond substituents is 2. The number of hydrogen-bond donors (Lipinski definition) is 5. The van der Waals surface area contributed by atoms with E-state index in [1.807, 2.05) is 109 Å². The van der Waals surface area contributed by atoms with Gasteiger partial charge in [0.05, 0.1) is 76.8 Å². The number of hydrogen-bond acceptors (Lipinski definition) is 20. The van der Waals surface area contributed by atoms with Crippen molar-refractivity contribution in [2.45, 2.75) is 241 Å². The summed E-state index contributed by atoms with van der Waals surface area (Å²) in [5.74, 6) is 4.65. The van der Waals surface area contributed by atoms with E-state index in [2.05, 4.69) is 172 Å². The smallest absolute Gasteiger partial charge is 1.00 e. The van der Waals surface area contributed by atoms with Gasteiger partial charge in [0, 0.05) is 58.6 Å². The molecule has 0 amide bonds. The first kappa shape index (κ1) is 110. The SMILES string of the molecule is Cc1c(O)cccc1B1OC(C)(C)C(C)(C)O1.Cc1c(O)cccc1Br.Cc1c(OCCCBr)cccc1B1OC(C)(C)C(C)(C)O1.Cc1c(OCCCCl)cccc1B1OC(C)(C)C(C)(C)O1.Cc1c(OCCCN2CC[C@@H](O)C2)cccc1B1OC(C)(C)C(C)(C)O1.Cl.ClCCCBr.O=CO[O-].OC1CCNC1.[H-].[K+].[K+]. The molecule has 0 bridgehead atoms. The van der Waals surface area contributed by atoms with Crippen molar-refractivity contribution in [1.29, 1.82) is 0 Å². The van der Waals surface area contributed by atoms with Crippen LogP contribution in [0.15, 0.2) is 95.5 Å². The van der Waals surface area contributed by atoms with Gasteiger partial charge in [-0.15, -0.1) is 35.6 Å². The zero-order chi connectivity index (χ0) is 81.9. The van der Waals surface area contributed by atoms with E-state index in [1.54, 1.807) is 18.2 Å². The number of rotatable bonds is 20. The van der Waals surface area contributed by atoms with Gasteiger partial charge in [0.2, 0.25) is 0 Å². The van der Waals surface area contributed by atoms with Crippen LogP contribution in [0.1, 0.15) is 179 Å². The average Bonchev–Trinajstić information content (AvgIpc) is 1.64. The molecule has 0 aromatic heterocycles. The van der Waals surface area contributed by atoms with Crippen molar-refractivity contribution >= 4 is 140 Å². The number of aromatic hydroxyl groups is 2. The summed E-state index contributed by atoms with van der Waals surface area (Å²) in [6.07, 6.45) is 5.44. The van der Waals surface area contributed by atoms with Gasteiger partial charge in [-0.1, -0.05) is 102 Å². The molecule has 0 aliphatic carbocycles. The van der Waals surface area contributed by atoms with Gasteiger partial charge >= 0.3 is 131 Å². The molecule has 5 aromatic rings. The van der Waals surface area contributed by atoms with Crippen LogP contribution in [0.25, 0.3) is 0 Å². The van der Waals surface area contributed by atoms with Gasteiger partial charge in [0.25, 0.3) is 6.47 Å². The number of alkyl halides is 4. The van der Waals surface area contributed by atoms with Crippen molar-refractivity contribution in [3.8, 4) is 28.7 Å². The van der Waals surface area contributed by atoms with Crippen LogP contribution in [0.5, 0.6) is 28.7 Å². The predicted molar refractivity (Wildman–Crippen MR) is 460 cm³/mol. The number of halogens is 6. The van der Waals surface area contributed by atoms with Crippen molar-refractivity contribution in [2.75, 3.05) is 75.0 Å². The summed E-state index contributed by atoms with van der Waals surface area (Å²) in [6.45, 7) is 49.1. The first-order valence-corrected chi connectivity index (χ1v) is 41.6. The number of nitrogens with one attached hydrogen (secondary N) is 1. The van der Waals surface area contributed by atoms with E-state index in [-0.39, 0.29) is 207 Å². The molecule has 6 fully saturated rings. The molecule has 20 nitrogen and oxygen atoms in total. The van der Waals surface area contributed by atoms with Gasteiger partial charge in [0.15, 0.2) is 0 Å². The van der Waals surface area contributed by atoms with Crippen LogP contribution in [0.3, 0.4) is 0 Å². The fourth-order valence-electron chi connectivity index (χ4n) is 11.2. The van der Waals surface area contributed by atoms with Gasteiger partial charge in [0.1, 0.15) is 28.7 Å². The molecule has 11 rings (SSSR count). The maximum Gasteiger partial charge on any atom is 1.00 e. The Morgan fingerprint density at radius 3 is 1.07 bits per heavy atom. The Hall–Kier alpha value is -0.108. The Bertz CT molecular complexity index is 3410. The normalized spacial score (nSPS) is 19.7. The molecule has 0 saturated carbocycles. The summed E-state index contributed by atoms with van der Waals surface area (Å²) in [4.78, 5) is 13.5. The Labute approximate surface area is 799 Å². The third-order valence-electron chi connectivity index (χ3n) is 21.1. The Morgan fingerprint density at radius 1 is 0.500 bits per heavy atom. The van der Waals surface area contributed by atoms with Crippen LogP contribution in [0.2, 0.25) is 0 Å². The van der Waals surface area contributed by atoms with Crippen LogP contribution in [-0.4, -0.2) is 192 Å². The Morgan fingerprint density at radius 2 is 0.812 bits per heavy atom. The molecule has 0 radical (unpaired) electrons. The number of benzene rings is 5. The molecule has 5 N–H and O–H groups in total. The molecule has 1 unspecified atom stereocenters. The number of carbonyl (C=O) groups excluding carboxylic acids is 1. The van der Waals surface area contributed by atoms with Gasteiger partial charge < -0.3 is 93.7 Å². The summed E-state index contributed by atoms with van der Waals surface area (Å²) in [7, 11) is -1.47. The molecule has 6 heterocycles. The summed E-state index contributed by atoms with van der Waals surface area (Å²) in [6, 6.07) is 28.8. The minimum atomic E-state index is -0.410. The van der Waals surface area contributed by atoms with E-state index >= 15 is 0 Å². The summed E-state index contributed by atoms with van der Waals surface area (Å²) < 4.78 is 67.3. The van der Waals surface area contributed by atoms with Crippen molar-refractivity contribution < 1.29 is 191 Å². The Kier molecular flexibility index (Phi) is 50.8. The van der Waals surface area contributed by atoms with E-state index in [4.69, 9.17) is 94.9 Å². The van der Waals surface area contributed by atoms with Crippen molar-refractivity contribution in [3.05, 3.63) is 123 Å². The second kappa shape index (κ2) is 51.7. The number of β-amino-alcohol motifs (C(OH)–C–C–N with tert-alkyl or cyclic N) is 2. The fraction of sp³-hybridized carbons (Fsp3) is 0.613. The maximum atomic E-state index is 9.71. The molecule has 0 spiro atoms. The number of ether oxygens (including phenoxy) is 3. The molecule has 6 aliphatic rings. The van der Waals surface area contributed by atoms with E-state index in [1.165, 1.54) is 0 Å². The second-order valence-corrected chi connectivity index (χ2v) is 34.6. The van der Waals surface area contributed by atoms with E-state index < -0.39 is 7.12 Å². The van der Waals surface area contributed by atoms with Crippen LogP contribution in [0.4, 0.5) is 0 Å². The molecule has 32 heteroatoms. The summed E-state index contributed by atoms with van der Waals surface area (Å²) >= 11 is 20.9. The summed E-state index contributed by atoms with van der Waals surface area (Å²) in [5, 5.41) is 50.5. The van der Waals surface area contributed by atoms with Crippen molar-refractivity contribution in [2.24, 2.45) is 0 Å². The topological polar surface area (TPSA) is 247 Å². The largest absolute Gasteiger partial charge is 1.00 e. The minimum absolute atomic E-state index is 0. The molecule has 5 aromatic carbocycles. The number of carbonyl (C=O) groups is 1. The van der Waals surface area contributed by atoms with Gasteiger partial charge in [-0.2, -0.15) is 0 Å². The van der Waals surface area contributed by atoms with E-state index in [0.29, 0.717) is 31.5 Å². The molecule has 112 heavy (non-hydrogen) atoms. The number of aliphatic hydroxyl groups excluding tert-OH is 2. The average molecular weight is 1870 g/mol. The number of nitrogens with zero attached hydrogens (tertiary/aromatic N) is 1. The summed E-state index contributed by atoms with van der Waals surface area (Å²) in [5.41, 5.74) is 6.21. The fourth-order valence-corrected chi connectivity index (χ4v) is 12.6. The van der Waals surface area contributed by atoms with Gasteiger partial charge in [-0.25, -0.2) is 0 Å². The monoisotopic (exact) mass is 1860 g/mol. The number of likely N-dealkylation sites (tertiary alicyclic amines) is 1. The van der Waals surface area contributed by atoms with E-state index in [0.717, 1.165) is 159 Å². The van der Waals surface area contributed by atoms with Crippen molar-refractivity contribution in [3.63, 3.8) is 0 Å². The number of phenols is 2. The standard InChI is InChI=1S/C20H32BNO4.C16H24BBrO3.C16H24BClO3.C13H19BO3.C7H7BrO.C4H9NO.C3H6BrCl.CH2O3.ClH.2K.H/c1-15-17(21-25-19(2,3)20(4,5)26-21)8-6-9-18(15)24-13-7-11-22-12-10-16(23)14-22;2*1-12-13(8-6-9-14(12)19-11-7-10-18)17-20-15(2,3)16(4,5)21-17;1-9-10(7-6-8-11(9)15)14-16-12(2,3)13(4,5)17-14;1-5-6(8)3-2-4-7(5)9;6-4-1-2-5-3-4;4-2-1-3-5;2-1-4-3;;;;/h6,8-9,16,23H,7,10-14H2,1-5H3;2*6,8-9H,7,10-11H2,1-5H3;6-8,15H,1-5H3;2-4,9H,1H3;4-6H,1-3H2;1-3H2;1,3H;1H;;;/q;;;;;;;;;2*+1;-1/p-1/t16-;;;;;;;;;;;/m1.........../s1. The third-order valence-corrected chi connectivity index (χ3v) is 23.6. The van der Waals surface area contributed by atoms with Crippen molar-refractivity contribution in [1.82, 2.24) is 10.2 Å². The zero-order valence-electron chi connectivity index (χ0n) is 71.7. The molecular formula is C80H124B4Br3Cl3K2N2O18. The molecule has 6 aliphatic heterocycles. The van der Waals surface area contributed by atoms with Crippen LogP contribution in [-0.2, 0) is 46.9 Å². The molecule has 618 valence electrons. The van der Waals surface area contributed by atoms with Crippen LogP contribution < -0.4 is 149 Å². The van der Waals surface area contributed by atoms with Crippen LogP contribution >= 0.6 is 83.4 Å². The molecule has 2 atom stereocenters. The van der Waals surface area contributed by atoms with Gasteiger partial charge in [-0.05, 0) is 271 Å². The maximum absolute atomic E-state index is 9.71. The molecule has 6 saturated heterocycles. The zero-order valence-corrected chi connectivity index (χ0v) is 84.0. The minimum Gasteiger partial charge on any atom is -1.00 e. The van der Waals surface area contributed by atoms with Gasteiger partial charge in [-0.3, -0.25) is 4.79 Å². The number of aliphatic hydroxyl groups is 2. The first-order valence-electron chi connectivity index (χ1n) is 37.5. The van der Waals surface area contributed by atoms with Crippen LogP contribution in [0, 0.1) is 34.6 Å². The quantitative estimate of drug-likeness (QED) is 0.0125. The van der Waals surface area contributed by atoms with E-state index in [9.17, 15) is 10.2 Å².